The highest BCUT2D eigenvalue weighted by molar-refractivity contribution is 6.31. The first-order chi connectivity index (χ1) is 30.8. The molecule has 17 nitrogen and oxygen atoms in total. The van der Waals surface area contributed by atoms with Crippen molar-refractivity contribution in [1.29, 1.82) is 0 Å². The van der Waals surface area contributed by atoms with Crippen LogP contribution in [0.3, 0.4) is 0 Å². The maximum absolute atomic E-state index is 14.3. The number of phenols is 3. The molecule has 0 saturated carbocycles. The van der Waals surface area contributed by atoms with Crippen LogP contribution in [-0.4, -0.2) is 167 Å². The van der Waals surface area contributed by atoms with E-state index in [0.29, 0.717) is 44.9 Å². The van der Waals surface area contributed by atoms with Crippen molar-refractivity contribution >= 4 is 11.6 Å². The monoisotopic (exact) mass is 912 g/mol. The lowest BCUT2D eigenvalue weighted by molar-refractivity contribution is -0.335. The van der Waals surface area contributed by atoms with Crippen LogP contribution in [0, 0.1) is 0 Å². The molecule has 4 fully saturated rings. The predicted octanol–water partition coefficient (Wildman–Crippen LogP) is 4.42. The molecular formula is C48H68N2O15. The number of carbonyl (C=O) groups excluding carboxylic acids is 2. The third-order valence-corrected chi connectivity index (χ3v) is 14.8. The first kappa shape index (κ1) is 48.2. The Morgan fingerprint density at radius 1 is 0.692 bits per heavy atom. The Hall–Kier alpha value is -3.30. The zero-order valence-corrected chi connectivity index (χ0v) is 39.0. The van der Waals surface area contributed by atoms with Gasteiger partial charge in [-0.05, 0) is 94.1 Å². The summed E-state index contributed by atoms with van der Waals surface area (Å²) in [6, 6.07) is 3.60. The van der Waals surface area contributed by atoms with Gasteiger partial charge in [-0.3, -0.25) is 9.59 Å². The summed E-state index contributed by atoms with van der Waals surface area (Å²) in [4.78, 5) is 32.3. The van der Waals surface area contributed by atoms with E-state index in [-0.39, 0.29) is 76.6 Å². The molecule has 0 bridgehead atoms. The number of aliphatic hydroxyl groups excluding tert-OH is 2. The normalized spacial score (nSPS) is 38.7. The van der Waals surface area contributed by atoms with Gasteiger partial charge in [0.05, 0.1) is 59.4 Å². The number of aromatic hydroxyl groups is 3. The molecular weight excluding hydrogens is 845 g/mol. The molecule has 4 aliphatic heterocycles. The van der Waals surface area contributed by atoms with Crippen LogP contribution >= 0.6 is 0 Å². The molecule has 2 aromatic rings. The number of hydrogen-bond acceptors (Lipinski definition) is 17. The number of hydrogen-bond donors (Lipinski definition) is 5. The van der Waals surface area contributed by atoms with E-state index in [9.17, 15) is 35.1 Å². The Balaban J connectivity index is 1.09. The van der Waals surface area contributed by atoms with Crippen LogP contribution in [0.5, 0.6) is 17.2 Å². The van der Waals surface area contributed by atoms with E-state index < -0.39 is 96.2 Å². The van der Waals surface area contributed by atoms with Crippen LogP contribution in [0.4, 0.5) is 0 Å². The molecule has 6 aliphatic rings. The minimum Gasteiger partial charge on any atom is -0.507 e. The summed E-state index contributed by atoms with van der Waals surface area (Å²) in [5.41, 5.74) is -1.99. The highest BCUT2D eigenvalue weighted by atomic mass is 16.7. The minimum atomic E-state index is -1.23. The van der Waals surface area contributed by atoms with Crippen LogP contribution in [0.1, 0.15) is 135 Å². The van der Waals surface area contributed by atoms with E-state index in [4.69, 9.17) is 37.9 Å². The molecule has 4 heterocycles. The summed E-state index contributed by atoms with van der Waals surface area (Å²) in [5, 5.41) is 56.3. The number of nitrogens with zero attached hydrogens (tertiary/aromatic N) is 2. The summed E-state index contributed by atoms with van der Waals surface area (Å²) in [7, 11) is 7.67. The number of benzene rings is 2. The van der Waals surface area contributed by atoms with Crippen molar-refractivity contribution in [2.75, 3.05) is 28.2 Å². The van der Waals surface area contributed by atoms with E-state index in [1.54, 1.807) is 6.92 Å². The average molecular weight is 913 g/mol. The number of likely N-dealkylation sites (N-methyl/N-ethyl adjacent to an activating group) is 2. The van der Waals surface area contributed by atoms with E-state index in [2.05, 4.69) is 0 Å². The van der Waals surface area contributed by atoms with Gasteiger partial charge in [-0.15, -0.1) is 0 Å². The Bertz CT molecular complexity index is 2080. The number of aliphatic hydroxyl groups is 2. The van der Waals surface area contributed by atoms with Crippen molar-refractivity contribution in [3.05, 3.63) is 51.6 Å². The van der Waals surface area contributed by atoms with Crippen LogP contribution in [-0.2, 0) is 44.3 Å². The van der Waals surface area contributed by atoms with Crippen LogP contribution in [0.25, 0.3) is 0 Å². The fourth-order valence-electron chi connectivity index (χ4n) is 10.9. The van der Waals surface area contributed by atoms with E-state index in [1.165, 1.54) is 18.2 Å². The molecule has 4 saturated heterocycles. The summed E-state index contributed by atoms with van der Waals surface area (Å²) in [5.74, 6) is -2.91. The molecule has 14 unspecified atom stereocenters. The Labute approximate surface area is 380 Å². The molecule has 0 spiro atoms. The van der Waals surface area contributed by atoms with Gasteiger partial charge < -0.3 is 73.2 Å². The van der Waals surface area contributed by atoms with Crippen molar-refractivity contribution < 1.29 is 73.0 Å². The number of fused-ring (bicyclic) bond motifs is 3. The van der Waals surface area contributed by atoms with Crippen molar-refractivity contribution in [2.24, 2.45) is 0 Å². The van der Waals surface area contributed by atoms with Crippen molar-refractivity contribution in [3.63, 3.8) is 0 Å². The molecule has 65 heavy (non-hydrogen) atoms. The maximum atomic E-state index is 14.3. The molecule has 360 valence electrons. The van der Waals surface area contributed by atoms with Gasteiger partial charge in [0.15, 0.2) is 30.9 Å². The summed E-state index contributed by atoms with van der Waals surface area (Å²) in [6.45, 7) is 9.42. The SMILES string of the molecule is CC[C@@]1(OC2CC(N(C)C)C(O)C(C)O2)CCc2c(O)c3c(c(O)c2[C@H]1OC1CC(N(C)C)C(OC2CCC(OC4CCC(O)C(C)O4)C(C)O2)C(C)O1)C(=O)c1cccc(O)c1C3=O. The zero-order chi connectivity index (χ0) is 46.8. The van der Waals surface area contributed by atoms with Gasteiger partial charge >= 0.3 is 0 Å². The smallest absolute Gasteiger partial charge is 0.202 e. The van der Waals surface area contributed by atoms with Gasteiger partial charge in [-0.25, -0.2) is 0 Å². The molecule has 0 radical (unpaired) electrons. The summed E-state index contributed by atoms with van der Waals surface area (Å²) >= 11 is 0. The fourth-order valence-corrected chi connectivity index (χ4v) is 10.9. The summed E-state index contributed by atoms with van der Waals surface area (Å²) < 4.78 is 52.4. The van der Waals surface area contributed by atoms with Gasteiger partial charge in [0, 0.05) is 54.5 Å². The molecule has 16 atom stereocenters. The third kappa shape index (κ3) is 8.97. The van der Waals surface area contributed by atoms with Gasteiger partial charge in [0.25, 0.3) is 0 Å². The number of ether oxygens (including phenoxy) is 8. The highest BCUT2D eigenvalue weighted by Gasteiger charge is 2.54. The van der Waals surface area contributed by atoms with Gasteiger partial charge in [0.1, 0.15) is 35.1 Å². The summed E-state index contributed by atoms with van der Waals surface area (Å²) in [6.07, 6.45) is -3.68. The number of ketones is 2. The standard InChI is InChI=1S/C48H68N2O15/c1-10-48(65-36-20-28(49(6)7)41(53)24(4)60-36)19-18-27-38(45(57)40-39(43(27)55)44(56)37-26(42(40)54)12-11-13-31(37)52)47(48)64-35-21-29(50(8)9)46(25(5)61-35)63-34-17-15-32(23(3)59-34)62-33-16-14-30(51)22(2)58-33/h11-13,22-25,28-30,32-36,41,46-47,51-53,55,57H,10,14-21H2,1-9H3/t22?,23?,24?,25?,28?,29?,30?,32?,33?,34?,35?,36?,41?,46?,47-,48-/m1/s1. The van der Waals surface area contributed by atoms with Crippen molar-refractivity contribution in [3.8, 4) is 17.2 Å². The number of carbonyl (C=O) groups is 2. The molecule has 0 aromatic heterocycles. The van der Waals surface area contributed by atoms with Gasteiger partial charge in [-0.1, -0.05) is 19.1 Å². The topological polar surface area (TPSA) is 216 Å². The fraction of sp³-hybridized carbons (Fsp3) is 0.708. The first-order valence-corrected chi connectivity index (χ1v) is 23.3. The van der Waals surface area contributed by atoms with Crippen molar-refractivity contribution in [1.82, 2.24) is 9.80 Å². The largest absolute Gasteiger partial charge is 0.507 e. The van der Waals surface area contributed by atoms with Gasteiger partial charge in [-0.2, -0.15) is 0 Å². The molecule has 0 amide bonds. The molecule has 2 aromatic carbocycles. The Morgan fingerprint density at radius 3 is 2.00 bits per heavy atom. The molecule has 5 N–H and O–H groups in total. The lowest BCUT2D eigenvalue weighted by atomic mass is 9.71. The third-order valence-electron chi connectivity index (χ3n) is 14.8. The Morgan fingerprint density at radius 2 is 1.32 bits per heavy atom. The van der Waals surface area contributed by atoms with Crippen LogP contribution in [0.2, 0.25) is 0 Å². The van der Waals surface area contributed by atoms with E-state index >= 15 is 0 Å². The number of phenolic OH excluding ortho intramolecular Hbond substituents is 3. The number of rotatable bonds is 11. The molecule has 8 rings (SSSR count). The quantitative estimate of drug-likeness (QED) is 0.168. The van der Waals surface area contributed by atoms with Crippen LogP contribution < -0.4 is 0 Å². The molecule has 17 heteroatoms. The Kier molecular flexibility index (Phi) is 14.1. The second-order valence-electron chi connectivity index (χ2n) is 19.4. The zero-order valence-electron chi connectivity index (χ0n) is 39.0. The van der Waals surface area contributed by atoms with E-state index in [1.807, 2.05) is 65.7 Å². The first-order valence-electron chi connectivity index (χ1n) is 23.3. The van der Waals surface area contributed by atoms with Crippen LogP contribution in [0.15, 0.2) is 18.2 Å². The second-order valence-corrected chi connectivity index (χ2v) is 19.4. The van der Waals surface area contributed by atoms with Gasteiger partial charge in [0.2, 0.25) is 5.78 Å². The second kappa shape index (κ2) is 19.0. The molecule has 2 aliphatic carbocycles. The highest BCUT2D eigenvalue weighted by Crippen LogP contribution is 2.56. The lowest BCUT2D eigenvalue weighted by Crippen LogP contribution is -2.58. The van der Waals surface area contributed by atoms with Crippen molar-refractivity contribution in [2.45, 2.75) is 190 Å². The maximum Gasteiger partial charge on any atom is 0.202 e. The average Bonchev–Trinajstić information content (AvgIpc) is 3.25. The van der Waals surface area contributed by atoms with E-state index in [0.717, 1.165) is 0 Å². The predicted molar refractivity (Wildman–Crippen MR) is 233 cm³/mol. The lowest BCUT2D eigenvalue weighted by Gasteiger charge is -2.51. The minimum absolute atomic E-state index is 0.0985.